The molecule has 0 aliphatic rings. The number of carbonyl (C=O) groups excluding carboxylic acids is 1. The van der Waals surface area contributed by atoms with E-state index in [0.717, 1.165) is 5.56 Å². The molecule has 0 atom stereocenters. The summed E-state index contributed by atoms with van der Waals surface area (Å²) >= 11 is 12.4. The highest BCUT2D eigenvalue weighted by Gasteiger charge is 2.18. The number of oxazole rings is 1. The molecule has 0 bridgehead atoms. The van der Waals surface area contributed by atoms with E-state index in [2.05, 4.69) is 29.0 Å². The predicted molar refractivity (Wildman–Crippen MR) is 107 cm³/mol. The highest BCUT2D eigenvalue weighted by Crippen LogP contribution is 2.27. The first-order valence-corrected chi connectivity index (χ1v) is 9.61. The zero-order chi connectivity index (χ0) is 20.1. The van der Waals surface area contributed by atoms with Gasteiger partial charge in [-0.3, -0.25) is 9.69 Å². The highest BCUT2D eigenvalue weighted by atomic mass is 35.5. The van der Waals surface area contributed by atoms with Gasteiger partial charge in [0.05, 0.1) is 29.4 Å². The van der Waals surface area contributed by atoms with E-state index < -0.39 is 0 Å². The minimum Gasteiger partial charge on any atom is -0.467 e. The van der Waals surface area contributed by atoms with Crippen molar-refractivity contribution in [2.75, 3.05) is 0 Å². The molecule has 0 aliphatic heterocycles. The van der Waals surface area contributed by atoms with Crippen molar-refractivity contribution >= 4 is 29.1 Å². The lowest BCUT2D eigenvalue weighted by Gasteiger charge is -2.25. The maximum Gasteiger partial charge on any atom is 0.273 e. The monoisotopic (exact) mass is 421 g/mol. The van der Waals surface area contributed by atoms with Gasteiger partial charge in [0.1, 0.15) is 12.0 Å². The number of halogens is 2. The molecular weight excluding hydrogens is 401 g/mol. The molecule has 2 aromatic heterocycles. The Hall–Kier alpha value is -2.28. The maximum absolute atomic E-state index is 12.2. The molecule has 0 saturated heterocycles. The van der Waals surface area contributed by atoms with Gasteiger partial charge >= 0.3 is 0 Å². The zero-order valence-corrected chi connectivity index (χ0v) is 17.1. The van der Waals surface area contributed by atoms with Gasteiger partial charge in [-0.2, -0.15) is 0 Å². The summed E-state index contributed by atoms with van der Waals surface area (Å²) in [6.45, 7) is 5.45. The molecule has 3 aromatic rings. The minimum atomic E-state index is -0.319. The second kappa shape index (κ2) is 9.28. The molecule has 3 rings (SSSR count). The summed E-state index contributed by atoms with van der Waals surface area (Å²) < 4.78 is 10.7. The summed E-state index contributed by atoms with van der Waals surface area (Å²) in [5.74, 6) is 0.803. The largest absolute Gasteiger partial charge is 0.467 e. The molecule has 0 spiro atoms. The fourth-order valence-corrected chi connectivity index (χ4v) is 3.02. The fraction of sp³-hybridized carbons (Fsp3) is 0.300. The lowest BCUT2D eigenvalue weighted by Crippen LogP contribution is -2.30. The van der Waals surface area contributed by atoms with E-state index in [1.165, 1.54) is 6.26 Å². The van der Waals surface area contributed by atoms with Gasteiger partial charge in [0.2, 0.25) is 5.89 Å². The average molecular weight is 422 g/mol. The van der Waals surface area contributed by atoms with Crippen LogP contribution < -0.4 is 5.32 Å². The summed E-state index contributed by atoms with van der Waals surface area (Å²) in [4.78, 5) is 18.7. The summed E-state index contributed by atoms with van der Waals surface area (Å²) in [5.41, 5.74) is 1.15. The number of furan rings is 1. The lowest BCUT2D eigenvalue weighted by atomic mass is 10.2. The van der Waals surface area contributed by atoms with Gasteiger partial charge in [-0.05, 0) is 37.6 Å². The first kappa shape index (κ1) is 20.5. The van der Waals surface area contributed by atoms with Gasteiger partial charge in [-0.1, -0.05) is 35.3 Å². The molecule has 6 nitrogen and oxygen atoms in total. The normalized spacial score (nSPS) is 11.4. The Kier molecular flexibility index (Phi) is 6.78. The van der Waals surface area contributed by atoms with E-state index in [1.807, 2.05) is 12.1 Å². The van der Waals surface area contributed by atoms with Crippen molar-refractivity contribution in [2.45, 2.75) is 39.5 Å². The topological polar surface area (TPSA) is 71.5 Å². The molecule has 1 N–H and O–H groups in total. The SMILES string of the molecule is CC(C)N(Cc1nc(C(=O)NCc2ccco2)co1)Cc1cccc(Cl)c1Cl. The molecule has 0 fully saturated rings. The van der Waals surface area contributed by atoms with Crippen molar-refractivity contribution < 1.29 is 13.6 Å². The van der Waals surface area contributed by atoms with Gasteiger partial charge in [0.25, 0.3) is 5.91 Å². The summed E-state index contributed by atoms with van der Waals surface area (Å²) in [7, 11) is 0. The van der Waals surface area contributed by atoms with Gasteiger partial charge < -0.3 is 14.2 Å². The number of hydrogen-bond donors (Lipinski definition) is 1. The van der Waals surface area contributed by atoms with Crippen LogP contribution in [-0.4, -0.2) is 21.8 Å². The van der Waals surface area contributed by atoms with Crippen LogP contribution in [0.5, 0.6) is 0 Å². The highest BCUT2D eigenvalue weighted by molar-refractivity contribution is 6.42. The van der Waals surface area contributed by atoms with E-state index in [4.69, 9.17) is 32.0 Å². The lowest BCUT2D eigenvalue weighted by molar-refractivity contribution is 0.0943. The molecule has 28 heavy (non-hydrogen) atoms. The third kappa shape index (κ3) is 5.16. The Morgan fingerprint density at radius 2 is 2.00 bits per heavy atom. The number of amides is 1. The number of benzene rings is 1. The molecule has 1 amide bonds. The number of hydrogen-bond acceptors (Lipinski definition) is 5. The Morgan fingerprint density at radius 1 is 1.18 bits per heavy atom. The van der Waals surface area contributed by atoms with E-state index in [9.17, 15) is 4.79 Å². The quantitative estimate of drug-likeness (QED) is 0.558. The van der Waals surface area contributed by atoms with Crippen molar-refractivity contribution in [3.8, 4) is 0 Å². The number of nitrogens with one attached hydrogen (secondary N) is 1. The molecule has 0 aliphatic carbocycles. The van der Waals surface area contributed by atoms with Gasteiger partial charge in [-0.25, -0.2) is 4.98 Å². The second-order valence-electron chi connectivity index (χ2n) is 6.60. The van der Waals surface area contributed by atoms with E-state index >= 15 is 0 Å². The summed E-state index contributed by atoms with van der Waals surface area (Å²) in [6, 6.07) is 9.33. The van der Waals surface area contributed by atoms with Crippen LogP contribution in [0.1, 0.15) is 41.6 Å². The average Bonchev–Trinajstić information content (AvgIpc) is 3.34. The van der Waals surface area contributed by atoms with Gasteiger partial charge in [0, 0.05) is 12.6 Å². The van der Waals surface area contributed by atoms with Crippen LogP contribution in [-0.2, 0) is 19.6 Å². The first-order valence-electron chi connectivity index (χ1n) is 8.86. The van der Waals surface area contributed by atoms with Gasteiger partial charge in [-0.15, -0.1) is 0 Å². The third-order valence-corrected chi connectivity index (χ3v) is 5.12. The van der Waals surface area contributed by atoms with Crippen LogP contribution in [0.2, 0.25) is 10.0 Å². The van der Waals surface area contributed by atoms with Crippen LogP contribution in [0.4, 0.5) is 0 Å². The Labute approximate surface area is 173 Å². The van der Waals surface area contributed by atoms with E-state index in [1.54, 1.807) is 24.5 Å². The smallest absolute Gasteiger partial charge is 0.273 e. The van der Waals surface area contributed by atoms with Crippen molar-refractivity contribution in [1.82, 2.24) is 15.2 Å². The molecule has 2 heterocycles. The van der Waals surface area contributed by atoms with E-state index in [-0.39, 0.29) is 17.6 Å². The standard InChI is InChI=1S/C20H21Cl2N3O3/c1-13(2)25(10-14-5-3-7-16(21)19(14)22)11-18-24-17(12-28-18)20(26)23-9-15-6-4-8-27-15/h3-8,12-13H,9-11H2,1-2H3,(H,23,26). The molecule has 8 heteroatoms. The number of aromatic nitrogens is 1. The molecule has 0 saturated carbocycles. The second-order valence-corrected chi connectivity index (χ2v) is 7.39. The number of rotatable bonds is 8. The summed E-state index contributed by atoms with van der Waals surface area (Å²) in [6.07, 6.45) is 2.92. The van der Waals surface area contributed by atoms with Crippen molar-refractivity contribution in [2.24, 2.45) is 0 Å². The van der Waals surface area contributed by atoms with Crippen molar-refractivity contribution in [3.05, 3.63) is 75.8 Å². The minimum absolute atomic E-state index is 0.207. The Morgan fingerprint density at radius 3 is 2.71 bits per heavy atom. The molecule has 0 radical (unpaired) electrons. The van der Waals surface area contributed by atoms with Crippen LogP contribution >= 0.6 is 23.2 Å². The van der Waals surface area contributed by atoms with Crippen molar-refractivity contribution in [3.63, 3.8) is 0 Å². The maximum atomic E-state index is 12.2. The van der Waals surface area contributed by atoms with Crippen LogP contribution in [0, 0.1) is 0 Å². The predicted octanol–water partition coefficient (Wildman–Crippen LogP) is 4.92. The van der Waals surface area contributed by atoms with Gasteiger partial charge in [0.15, 0.2) is 5.69 Å². The third-order valence-electron chi connectivity index (χ3n) is 4.26. The van der Waals surface area contributed by atoms with Crippen LogP contribution in [0.25, 0.3) is 0 Å². The number of nitrogens with zero attached hydrogens (tertiary/aromatic N) is 2. The molecule has 0 unspecified atom stereocenters. The number of carbonyl (C=O) groups is 1. The zero-order valence-electron chi connectivity index (χ0n) is 15.6. The fourth-order valence-electron chi connectivity index (χ4n) is 2.64. The Balaban J connectivity index is 1.64. The van der Waals surface area contributed by atoms with E-state index in [0.29, 0.717) is 41.3 Å². The Bertz CT molecular complexity index is 923. The van der Waals surface area contributed by atoms with Crippen molar-refractivity contribution in [1.29, 1.82) is 0 Å². The van der Waals surface area contributed by atoms with Crippen LogP contribution in [0.3, 0.4) is 0 Å². The molecule has 1 aromatic carbocycles. The van der Waals surface area contributed by atoms with Crippen LogP contribution in [0.15, 0.2) is 51.7 Å². The first-order chi connectivity index (χ1) is 13.4. The molecular formula is C20H21Cl2N3O3. The molecule has 148 valence electrons. The summed E-state index contributed by atoms with van der Waals surface area (Å²) in [5, 5.41) is 3.81.